The Bertz CT molecular complexity index is 619. The van der Waals surface area contributed by atoms with Crippen molar-refractivity contribution in [1.82, 2.24) is 9.55 Å². The lowest BCUT2D eigenvalue weighted by atomic mass is 10.1. The van der Waals surface area contributed by atoms with E-state index in [1.54, 1.807) is 31.5 Å². The number of methoxy groups -OCH3 is 1. The Morgan fingerprint density at radius 1 is 1.40 bits per heavy atom. The van der Waals surface area contributed by atoms with Crippen LogP contribution in [0.3, 0.4) is 0 Å². The zero-order valence-corrected chi connectivity index (χ0v) is 12.1. The zero-order chi connectivity index (χ0) is 14.7. The van der Waals surface area contributed by atoms with Crippen LogP contribution in [-0.2, 0) is 7.05 Å². The number of para-hydroxylation sites is 1. The largest absolute Gasteiger partial charge is 0.493 e. The van der Waals surface area contributed by atoms with Crippen LogP contribution in [0, 0.1) is 0 Å². The van der Waals surface area contributed by atoms with Crippen molar-refractivity contribution in [2.45, 2.75) is 20.0 Å². The number of Topliss-reactive ketones (excluding diaryl/α,β-unsaturated/α-hetero) is 1. The van der Waals surface area contributed by atoms with E-state index in [1.165, 1.54) is 6.92 Å². The predicted molar refractivity (Wildman–Crippen MR) is 75.2 cm³/mol. The standard InChI is InChI=1S/C15H18N2O3/c1-10(18)12-6-5-7-13(19-4)14(12)20-11(2)15-16-8-9-17(15)3/h5-9,11H,1-4H3. The second-order valence-electron chi connectivity index (χ2n) is 4.55. The lowest BCUT2D eigenvalue weighted by Crippen LogP contribution is -2.12. The number of imidazole rings is 1. The number of hydrogen-bond donors (Lipinski definition) is 0. The van der Waals surface area contributed by atoms with Gasteiger partial charge in [0.2, 0.25) is 0 Å². The van der Waals surface area contributed by atoms with E-state index in [0.29, 0.717) is 17.1 Å². The van der Waals surface area contributed by atoms with Crippen LogP contribution in [-0.4, -0.2) is 22.4 Å². The quantitative estimate of drug-likeness (QED) is 0.787. The molecule has 1 atom stereocenters. The molecule has 0 aliphatic heterocycles. The number of ether oxygens (including phenoxy) is 2. The molecule has 0 aliphatic rings. The Hall–Kier alpha value is -2.30. The molecule has 0 aliphatic carbocycles. The molecule has 1 aromatic heterocycles. The molecule has 0 saturated carbocycles. The van der Waals surface area contributed by atoms with Gasteiger partial charge in [-0.1, -0.05) is 6.07 Å². The number of benzene rings is 1. The second kappa shape index (κ2) is 5.77. The van der Waals surface area contributed by atoms with Crippen LogP contribution >= 0.6 is 0 Å². The van der Waals surface area contributed by atoms with E-state index < -0.39 is 0 Å². The summed E-state index contributed by atoms with van der Waals surface area (Å²) in [7, 11) is 3.45. The van der Waals surface area contributed by atoms with Crippen molar-refractivity contribution in [1.29, 1.82) is 0 Å². The van der Waals surface area contributed by atoms with Gasteiger partial charge in [0.15, 0.2) is 23.4 Å². The van der Waals surface area contributed by atoms with Crippen LogP contribution in [0.1, 0.15) is 36.1 Å². The molecule has 1 aromatic carbocycles. The lowest BCUT2D eigenvalue weighted by Gasteiger charge is -2.18. The van der Waals surface area contributed by atoms with E-state index in [9.17, 15) is 4.79 Å². The van der Waals surface area contributed by atoms with Crippen molar-refractivity contribution in [3.05, 3.63) is 42.0 Å². The SMILES string of the molecule is COc1cccc(C(C)=O)c1OC(C)c1nccn1C. The number of hydrogen-bond acceptors (Lipinski definition) is 4. The fraction of sp³-hybridized carbons (Fsp3) is 0.333. The fourth-order valence-electron chi connectivity index (χ4n) is 2.07. The minimum Gasteiger partial charge on any atom is -0.493 e. The monoisotopic (exact) mass is 274 g/mol. The Labute approximate surface area is 118 Å². The van der Waals surface area contributed by atoms with Crippen molar-refractivity contribution in [2.75, 3.05) is 7.11 Å². The van der Waals surface area contributed by atoms with Gasteiger partial charge in [0.05, 0.1) is 12.7 Å². The summed E-state index contributed by atoms with van der Waals surface area (Å²) in [6.45, 7) is 3.39. The first kappa shape index (κ1) is 14.1. The maximum absolute atomic E-state index is 11.7. The summed E-state index contributed by atoms with van der Waals surface area (Å²) in [5, 5.41) is 0. The summed E-state index contributed by atoms with van der Waals surface area (Å²) in [6, 6.07) is 5.27. The zero-order valence-electron chi connectivity index (χ0n) is 12.1. The Balaban J connectivity index is 2.37. The fourth-order valence-corrected chi connectivity index (χ4v) is 2.07. The van der Waals surface area contributed by atoms with E-state index in [0.717, 1.165) is 5.82 Å². The highest BCUT2D eigenvalue weighted by atomic mass is 16.5. The van der Waals surface area contributed by atoms with Gasteiger partial charge in [-0.2, -0.15) is 0 Å². The summed E-state index contributed by atoms with van der Waals surface area (Å²) in [6.07, 6.45) is 3.27. The molecule has 0 radical (unpaired) electrons. The maximum Gasteiger partial charge on any atom is 0.173 e. The highest BCUT2D eigenvalue weighted by Gasteiger charge is 2.19. The Kier molecular flexibility index (Phi) is 4.08. The molecule has 0 bridgehead atoms. The summed E-state index contributed by atoms with van der Waals surface area (Å²) >= 11 is 0. The first-order valence-corrected chi connectivity index (χ1v) is 6.36. The average molecular weight is 274 g/mol. The van der Waals surface area contributed by atoms with Gasteiger partial charge in [0, 0.05) is 19.4 Å². The number of nitrogens with zero attached hydrogens (tertiary/aromatic N) is 2. The number of aromatic nitrogens is 2. The molecule has 2 rings (SSSR count). The van der Waals surface area contributed by atoms with E-state index in [4.69, 9.17) is 9.47 Å². The number of aryl methyl sites for hydroxylation is 1. The van der Waals surface area contributed by atoms with Crippen LogP contribution in [0.2, 0.25) is 0 Å². The predicted octanol–water partition coefficient (Wildman–Crippen LogP) is 2.77. The number of carbonyl (C=O) groups excluding carboxylic acids is 1. The van der Waals surface area contributed by atoms with Gasteiger partial charge in [-0.3, -0.25) is 4.79 Å². The molecule has 0 saturated heterocycles. The number of ketones is 1. The number of carbonyl (C=O) groups is 1. The third-order valence-electron chi connectivity index (χ3n) is 3.09. The summed E-state index contributed by atoms with van der Waals surface area (Å²) in [5.41, 5.74) is 0.505. The average Bonchev–Trinajstić information content (AvgIpc) is 2.85. The van der Waals surface area contributed by atoms with Gasteiger partial charge in [-0.15, -0.1) is 0 Å². The van der Waals surface area contributed by atoms with Crippen LogP contribution in [0.5, 0.6) is 11.5 Å². The Morgan fingerprint density at radius 3 is 2.70 bits per heavy atom. The molecule has 1 unspecified atom stereocenters. The summed E-state index contributed by atoms with van der Waals surface area (Å²) in [4.78, 5) is 16.0. The molecular formula is C15H18N2O3. The van der Waals surface area contributed by atoms with Crippen molar-refractivity contribution in [3.63, 3.8) is 0 Å². The molecule has 5 heteroatoms. The van der Waals surface area contributed by atoms with Gasteiger partial charge in [-0.25, -0.2) is 4.98 Å². The molecule has 106 valence electrons. The van der Waals surface area contributed by atoms with Gasteiger partial charge in [0.25, 0.3) is 0 Å². The molecule has 20 heavy (non-hydrogen) atoms. The van der Waals surface area contributed by atoms with Crippen LogP contribution in [0.25, 0.3) is 0 Å². The minimum absolute atomic E-state index is 0.0639. The molecule has 0 N–H and O–H groups in total. The highest BCUT2D eigenvalue weighted by Crippen LogP contribution is 2.34. The maximum atomic E-state index is 11.7. The van der Waals surface area contributed by atoms with Crippen molar-refractivity contribution in [2.24, 2.45) is 7.05 Å². The highest BCUT2D eigenvalue weighted by molar-refractivity contribution is 5.97. The van der Waals surface area contributed by atoms with Gasteiger partial charge < -0.3 is 14.0 Å². The summed E-state index contributed by atoms with van der Waals surface area (Å²) < 4.78 is 13.1. The molecule has 5 nitrogen and oxygen atoms in total. The molecule has 0 fully saturated rings. The summed E-state index contributed by atoms with van der Waals surface area (Å²) in [5.74, 6) is 1.72. The van der Waals surface area contributed by atoms with E-state index >= 15 is 0 Å². The van der Waals surface area contributed by atoms with E-state index in [-0.39, 0.29) is 11.9 Å². The van der Waals surface area contributed by atoms with E-state index in [1.807, 2.05) is 24.7 Å². The lowest BCUT2D eigenvalue weighted by molar-refractivity contribution is 0.100. The van der Waals surface area contributed by atoms with Gasteiger partial charge in [0.1, 0.15) is 5.82 Å². The minimum atomic E-state index is -0.288. The molecule has 2 aromatic rings. The topological polar surface area (TPSA) is 53.4 Å². The number of rotatable bonds is 5. The molecular weight excluding hydrogens is 256 g/mol. The first-order valence-electron chi connectivity index (χ1n) is 6.36. The smallest absolute Gasteiger partial charge is 0.173 e. The van der Waals surface area contributed by atoms with Crippen LogP contribution < -0.4 is 9.47 Å². The van der Waals surface area contributed by atoms with E-state index in [2.05, 4.69) is 4.98 Å². The third-order valence-corrected chi connectivity index (χ3v) is 3.09. The van der Waals surface area contributed by atoms with Gasteiger partial charge in [-0.05, 0) is 26.0 Å². The first-order chi connectivity index (χ1) is 9.54. The van der Waals surface area contributed by atoms with Crippen LogP contribution in [0.15, 0.2) is 30.6 Å². The van der Waals surface area contributed by atoms with Crippen molar-refractivity contribution in [3.8, 4) is 11.5 Å². The molecule has 0 spiro atoms. The molecule has 0 amide bonds. The Morgan fingerprint density at radius 2 is 2.15 bits per heavy atom. The van der Waals surface area contributed by atoms with Gasteiger partial charge >= 0.3 is 0 Å². The second-order valence-corrected chi connectivity index (χ2v) is 4.55. The third kappa shape index (κ3) is 2.66. The van der Waals surface area contributed by atoms with Crippen LogP contribution in [0.4, 0.5) is 0 Å². The normalized spacial score (nSPS) is 12.0. The van der Waals surface area contributed by atoms with Crippen molar-refractivity contribution < 1.29 is 14.3 Å². The molecule has 1 heterocycles. The van der Waals surface area contributed by atoms with Crippen molar-refractivity contribution >= 4 is 5.78 Å².